The van der Waals surface area contributed by atoms with Gasteiger partial charge in [0.05, 0.1) is 6.20 Å². The van der Waals surface area contributed by atoms with Crippen LogP contribution < -0.4 is 5.73 Å². The van der Waals surface area contributed by atoms with Gasteiger partial charge in [-0.3, -0.25) is 4.68 Å². The fraction of sp³-hybridized carbons (Fsp3) is 0.182. The minimum Gasteiger partial charge on any atom is -0.504 e. The second-order valence-electron chi connectivity index (χ2n) is 3.79. The quantitative estimate of drug-likeness (QED) is 0.679. The number of rotatable bonds is 1. The molecule has 2 aromatic rings. The van der Waals surface area contributed by atoms with E-state index < -0.39 is 0 Å². The molecule has 0 atom stereocenters. The fourth-order valence-corrected chi connectivity index (χ4v) is 1.89. The lowest BCUT2D eigenvalue weighted by atomic mass is 10.0. The molecule has 0 aliphatic heterocycles. The summed E-state index contributed by atoms with van der Waals surface area (Å²) in [6.07, 6.45) is 1.52. The molecule has 6 heteroatoms. The van der Waals surface area contributed by atoms with E-state index >= 15 is 0 Å². The van der Waals surface area contributed by atoms with Crippen LogP contribution in [0.3, 0.4) is 0 Å². The van der Waals surface area contributed by atoms with Gasteiger partial charge in [0.2, 0.25) is 0 Å². The standard InChI is InChI=1S/C11H12ClN3O2/c1-5-7(12)3-8(16)10(17)9(5)6-4-14-15(2)11(6)13/h3-4,16-17H,13H2,1-2H3. The molecule has 0 fully saturated rings. The highest BCUT2D eigenvalue weighted by Gasteiger charge is 2.19. The molecule has 0 radical (unpaired) electrons. The number of aromatic nitrogens is 2. The van der Waals surface area contributed by atoms with Crippen LogP contribution in [0.2, 0.25) is 5.02 Å². The van der Waals surface area contributed by atoms with Gasteiger partial charge in [-0.15, -0.1) is 0 Å². The maximum atomic E-state index is 9.89. The van der Waals surface area contributed by atoms with Gasteiger partial charge < -0.3 is 15.9 Å². The van der Waals surface area contributed by atoms with Gasteiger partial charge in [0.25, 0.3) is 0 Å². The number of aromatic hydroxyl groups is 2. The number of nitrogen functional groups attached to an aromatic ring is 1. The van der Waals surface area contributed by atoms with Crippen molar-refractivity contribution in [3.05, 3.63) is 22.8 Å². The Morgan fingerprint density at radius 3 is 2.59 bits per heavy atom. The third kappa shape index (κ3) is 1.68. The summed E-state index contributed by atoms with van der Waals surface area (Å²) in [6, 6.07) is 1.29. The lowest BCUT2D eigenvalue weighted by Gasteiger charge is -2.11. The molecular formula is C11H12ClN3O2. The maximum absolute atomic E-state index is 9.89. The van der Waals surface area contributed by atoms with Gasteiger partial charge in [-0.25, -0.2) is 0 Å². The van der Waals surface area contributed by atoms with Crippen LogP contribution in [-0.4, -0.2) is 20.0 Å². The summed E-state index contributed by atoms with van der Waals surface area (Å²) in [5.41, 5.74) is 7.42. The zero-order valence-electron chi connectivity index (χ0n) is 9.40. The number of phenols is 2. The third-order valence-electron chi connectivity index (χ3n) is 2.73. The number of nitrogens with two attached hydrogens (primary N) is 1. The third-order valence-corrected chi connectivity index (χ3v) is 3.12. The normalized spacial score (nSPS) is 10.8. The predicted octanol–water partition coefficient (Wildman–Crippen LogP) is 2.04. The topological polar surface area (TPSA) is 84.3 Å². The minimum absolute atomic E-state index is 0.244. The average molecular weight is 254 g/mol. The summed E-state index contributed by atoms with van der Waals surface area (Å²) in [4.78, 5) is 0. The van der Waals surface area contributed by atoms with Gasteiger partial charge in [0, 0.05) is 29.3 Å². The van der Waals surface area contributed by atoms with E-state index in [0.717, 1.165) is 0 Å². The molecule has 0 saturated heterocycles. The highest BCUT2D eigenvalue weighted by molar-refractivity contribution is 6.32. The van der Waals surface area contributed by atoms with Crippen LogP contribution >= 0.6 is 11.6 Å². The summed E-state index contributed by atoms with van der Waals surface area (Å²) in [5, 5.41) is 23.8. The number of nitrogens with zero attached hydrogens (tertiary/aromatic N) is 2. The van der Waals surface area contributed by atoms with Gasteiger partial charge in [0.1, 0.15) is 5.82 Å². The first-order valence-corrected chi connectivity index (χ1v) is 5.30. The SMILES string of the molecule is Cc1c(Cl)cc(O)c(O)c1-c1cnn(C)c1N. The van der Waals surface area contributed by atoms with Crippen molar-refractivity contribution in [2.75, 3.05) is 5.73 Å². The van der Waals surface area contributed by atoms with Crippen LogP contribution in [-0.2, 0) is 7.05 Å². The van der Waals surface area contributed by atoms with E-state index in [1.165, 1.54) is 16.9 Å². The van der Waals surface area contributed by atoms with E-state index in [9.17, 15) is 10.2 Å². The molecule has 4 N–H and O–H groups in total. The van der Waals surface area contributed by atoms with E-state index in [-0.39, 0.29) is 11.5 Å². The van der Waals surface area contributed by atoms with Crippen molar-refractivity contribution in [2.45, 2.75) is 6.92 Å². The predicted molar refractivity (Wildman–Crippen MR) is 66.1 cm³/mol. The number of benzene rings is 1. The van der Waals surface area contributed by atoms with Gasteiger partial charge in [-0.1, -0.05) is 11.6 Å². The first-order chi connectivity index (χ1) is 7.93. The van der Waals surface area contributed by atoms with Crippen molar-refractivity contribution < 1.29 is 10.2 Å². The van der Waals surface area contributed by atoms with Crippen LogP contribution in [0.5, 0.6) is 11.5 Å². The van der Waals surface area contributed by atoms with Gasteiger partial charge in [0.15, 0.2) is 11.5 Å². The first-order valence-electron chi connectivity index (χ1n) is 4.92. The van der Waals surface area contributed by atoms with Crippen molar-refractivity contribution in [1.29, 1.82) is 0 Å². The molecule has 0 aliphatic carbocycles. The summed E-state index contributed by atoms with van der Waals surface area (Å²) >= 11 is 5.96. The Balaban J connectivity index is 2.79. The smallest absolute Gasteiger partial charge is 0.165 e. The Morgan fingerprint density at radius 1 is 1.41 bits per heavy atom. The first kappa shape index (κ1) is 11.6. The molecule has 0 spiro atoms. The Labute approximate surface area is 103 Å². The van der Waals surface area contributed by atoms with E-state index in [0.29, 0.717) is 27.5 Å². The molecule has 5 nitrogen and oxygen atoms in total. The molecule has 0 bridgehead atoms. The molecule has 0 unspecified atom stereocenters. The molecule has 1 aromatic heterocycles. The highest BCUT2D eigenvalue weighted by atomic mass is 35.5. The number of hydrogen-bond donors (Lipinski definition) is 3. The van der Waals surface area contributed by atoms with Crippen LogP contribution in [0, 0.1) is 6.92 Å². The molecule has 90 valence electrons. The van der Waals surface area contributed by atoms with Gasteiger partial charge in [-0.05, 0) is 12.5 Å². The number of aryl methyl sites for hydroxylation is 1. The molecule has 0 aliphatic rings. The lowest BCUT2D eigenvalue weighted by Crippen LogP contribution is -1.98. The second kappa shape index (κ2) is 3.85. The number of phenolic OH excluding ortho intramolecular Hbond substituents is 2. The van der Waals surface area contributed by atoms with Crippen molar-refractivity contribution in [3.8, 4) is 22.6 Å². The Bertz CT molecular complexity index is 567. The van der Waals surface area contributed by atoms with Crippen LogP contribution in [0.15, 0.2) is 12.3 Å². The second-order valence-corrected chi connectivity index (χ2v) is 4.20. The minimum atomic E-state index is -0.279. The van der Waals surface area contributed by atoms with Crippen molar-refractivity contribution in [1.82, 2.24) is 9.78 Å². The van der Waals surface area contributed by atoms with Crippen molar-refractivity contribution in [3.63, 3.8) is 0 Å². The number of hydrogen-bond acceptors (Lipinski definition) is 4. The largest absolute Gasteiger partial charge is 0.504 e. The van der Waals surface area contributed by atoms with Crippen LogP contribution in [0.4, 0.5) is 5.82 Å². The van der Waals surface area contributed by atoms with Crippen molar-refractivity contribution in [2.24, 2.45) is 7.05 Å². The molecule has 1 aromatic carbocycles. The van der Waals surface area contributed by atoms with Gasteiger partial charge in [-0.2, -0.15) is 5.10 Å². The Kier molecular flexibility index (Phi) is 2.63. The zero-order valence-corrected chi connectivity index (χ0v) is 10.2. The van der Waals surface area contributed by atoms with Crippen LogP contribution in [0.25, 0.3) is 11.1 Å². The molecular weight excluding hydrogens is 242 g/mol. The van der Waals surface area contributed by atoms with E-state index in [4.69, 9.17) is 17.3 Å². The molecule has 2 rings (SSSR count). The van der Waals surface area contributed by atoms with Crippen LogP contribution in [0.1, 0.15) is 5.56 Å². The zero-order chi connectivity index (χ0) is 12.7. The number of halogens is 1. The Hall–Kier alpha value is -1.88. The maximum Gasteiger partial charge on any atom is 0.165 e. The summed E-state index contributed by atoms with van der Waals surface area (Å²) < 4.78 is 1.48. The highest BCUT2D eigenvalue weighted by Crippen LogP contribution is 2.43. The molecule has 0 amide bonds. The van der Waals surface area contributed by atoms with Gasteiger partial charge >= 0.3 is 0 Å². The summed E-state index contributed by atoms with van der Waals surface area (Å²) in [6.45, 7) is 1.74. The monoisotopic (exact) mass is 253 g/mol. The summed E-state index contributed by atoms with van der Waals surface area (Å²) in [5.74, 6) is -0.129. The number of anilines is 1. The molecule has 17 heavy (non-hydrogen) atoms. The van der Waals surface area contributed by atoms with Crippen molar-refractivity contribution >= 4 is 17.4 Å². The van der Waals surface area contributed by atoms with E-state index in [1.54, 1.807) is 14.0 Å². The van der Waals surface area contributed by atoms with E-state index in [2.05, 4.69) is 5.10 Å². The Morgan fingerprint density at radius 2 is 2.06 bits per heavy atom. The molecule has 1 heterocycles. The van der Waals surface area contributed by atoms with E-state index in [1.807, 2.05) is 0 Å². The molecule has 0 saturated carbocycles. The summed E-state index contributed by atoms with van der Waals surface area (Å²) in [7, 11) is 1.69. The average Bonchev–Trinajstić information content (AvgIpc) is 2.59. The fourth-order valence-electron chi connectivity index (χ4n) is 1.69. The lowest BCUT2D eigenvalue weighted by molar-refractivity contribution is 0.405.